The average molecular weight is 372 g/mol. The first kappa shape index (κ1) is 20.0. The molecule has 0 saturated carbocycles. The summed E-state index contributed by atoms with van der Waals surface area (Å²) in [7, 11) is 1.89. The van der Waals surface area contributed by atoms with Gasteiger partial charge in [0.05, 0.1) is 12.3 Å². The van der Waals surface area contributed by atoms with Gasteiger partial charge in [0, 0.05) is 25.7 Å². The van der Waals surface area contributed by atoms with Gasteiger partial charge in [-0.25, -0.2) is 14.8 Å². The van der Waals surface area contributed by atoms with Gasteiger partial charge in [0.2, 0.25) is 0 Å². The van der Waals surface area contributed by atoms with Crippen molar-refractivity contribution in [1.29, 1.82) is 0 Å². The second-order valence-corrected chi connectivity index (χ2v) is 5.95. The lowest BCUT2D eigenvalue weighted by atomic mass is 10.1. The van der Waals surface area contributed by atoms with Crippen LogP contribution in [0.4, 0.5) is 22.1 Å². The molecule has 1 aromatic heterocycles. The Hall–Kier alpha value is -3.36. The number of aryl methyl sites for hydroxylation is 1. The molecule has 0 unspecified atom stereocenters. The number of primary amides is 2. The molecule has 0 saturated heterocycles. The number of benzene rings is 1. The Morgan fingerprint density at radius 3 is 2.63 bits per heavy atom. The average Bonchev–Trinajstić information content (AvgIpc) is 2.62. The normalized spacial score (nSPS) is 10.3. The molecule has 1 heterocycles. The first-order valence-electron chi connectivity index (χ1n) is 8.49. The molecule has 144 valence electrons. The van der Waals surface area contributed by atoms with Crippen LogP contribution < -0.4 is 21.7 Å². The molecule has 2 rings (SSSR count). The Bertz CT molecular complexity index is 840. The molecule has 0 atom stereocenters. The van der Waals surface area contributed by atoms with Crippen molar-refractivity contribution in [3.63, 3.8) is 0 Å². The van der Waals surface area contributed by atoms with Crippen LogP contribution in [0, 0.1) is 6.92 Å². The summed E-state index contributed by atoms with van der Waals surface area (Å²) in [6, 6.07) is 7.42. The largest absolute Gasteiger partial charge is 0.449 e. The highest BCUT2D eigenvalue weighted by atomic mass is 16.5. The fraction of sp³-hybridized carbons (Fsp3) is 0.333. The van der Waals surface area contributed by atoms with E-state index < -0.39 is 12.0 Å². The SMILES string of the molecule is CCN(C)c1nc(Nc2cccc(CCOC(N)=O)c2)c(C(N)=O)nc1C. The molecule has 1 aromatic carbocycles. The number of anilines is 3. The molecule has 9 heteroatoms. The zero-order chi connectivity index (χ0) is 20.0. The highest BCUT2D eigenvalue weighted by Crippen LogP contribution is 2.24. The van der Waals surface area contributed by atoms with Gasteiger partial charge < -0.3 is 26.4 Å². The first-order chi connectivity index (χ1) is 12.8. The monoisotopic (exact) mass is 372 g/mol. The van der Waals surface area contributed by atoms with Crippen molar-refractivity contribution < 1.29 is 14.3 Å². The van der Waals surface area contributed by atoms with E-state index in [0.717, 1.165) is 12.1 Å². The van der Waals surface area contributed by atoms with Crippen LogP contribution in [-0.4, -0.2) is 42.2 Å². The molecule has 0 spiro atoms. The third kappa shape index (κ3) is 5.30. The lowest BCUT2D eigenvalue weighted by Crippen LogP contribution is -2.23. The fourth-order valence-electron chi connectivity index (χ4n) is 2.49. The topological polar surface area (TPSA) is 136 Å². The minimum atomic E-state index is -0.808. The molecule has 27 heavy (non-hydrogen) atoms. The predicted molar refractivity (Wildman–Crippen MR) is 103 cm³/mol. The van der Waals surface area contributed by atoms with Crippen LogP contribution in [0.2, 0.25) is 0 Å². The summed E-state index contributed by atoms with van der Waals surface area (Å²) < 4.78 is 4.75. The molecule has 0 fully saturated rings. The van der Waals surface area contributed by atoms with Gasteiger partial charge in [-0.05, 0) is 31.5 Å². The maximum Gasteiger partial charge on any atom is 0.404 e. The number of carbonyl (C=O) groups is 2. The number of hydrogen-bond acceptors (Lipinski definition) is 7. The standard InChI is InChI=1S/C18H24N6O3/c1-4-24(3)17-11(2)21-14(15(19)25)16(23-17)22-13-7-5-6-12(10-13)8-9-27-18(20)26/h5-7,10H,4,8-9H2,1-3H3,(H2,19,25)(H2,20,26)(H,22,23). The molecular formula is C18H24N6O3. The van der Waals surface area contributed by atoms with Gasteiger partial charge >= 0.3 is 6.09 Å². The van der Waals surface area contributed by atoms with Gasteiger partial charge in [-0.1, -0.05) is 12.1 Å². The second kappa shape index (κ2) is 8.84. The zero-order valence-corrected chi connectivity index (χ0v) is 15.7. The number of nitrogens with zero attached hydrogens (tertiary/aromatic N) is 3. The Morgan fingerprint density at radius 2 is 2.00 bits per heavy atom. The third-order valence-corrected chi connectivity index (χ3v) is 3.94. The van der Waals surface area contributed by atoms with Crippen LogP contribution in [0.15, 0.2) is 24.3 Å². The van der Waals surface area contributed by atoms with Crippen LogP contribution in [0.5, 0.6) is 0 Å². The number of nitrogens with one attached hydrogen (secondary N) is 1. The summed E-state index contributed by atoms with van der Waals surface area (Å²) in [4.78, 5) is 33.2. The summed E-state index contributed by atoms with van der Waals surface area (Å²) in [6.07, 6.45) is -0.303. The molecule has 0 aliphatic carbocycles. The van der Waals surface area contributed by atoms with E-state index in [4.69, 9.17) is 16.2 Å². The fourth-order valence-corrected chi connectivity index (χ4v) is 2.49. The van der Waals surface area contributed by atoms with Crippen molar-refractivity contribution in [3.8, 4) is 0 Å². The van der Waals surface area contributed by atoms with E-state index in [1.54, 1.807) is 6.92 Å². The molecule has 2 aromatic rings. The van der Waals surface area contributed by atoms with E-state index in [1.165, 1.54) is 0 Å². The highest BCUT2D eigenvalue weighted by molar-refractivity contribution is 5.96. The first-order valence-corrected chi connectivity index (χ1v) is 8.49. The van der Waals surface area contributed by atoms with E-state index >= 15 is 0 Å². The van der Waals surface area contributed by atoms with Crippen LogP contribution in [0.1, 0.15) is 28.7 Å². The molecule has 0 bridgehead atoms. The summed E-state index contributed by atoms with van der Waals surface area (Å²) in [6.45, 7) is 4.69. The van der Waals surface area contributed by atoms with Crippen molar-refractivity contribution in [3.05, 3.63) is 41.2 Å². The summed E-state index contributed by atoms with van der Waals surface area (Å²) in [5, 5.41) is 3.11. The van der Waals surface area contributed by atoms with Gasteiger partial charge in [0.25, 0.3) is 5.91 Å². The smallest absolute Gasteiger partial charge is 0.404 e. The van der Waals surface area contributed by atoms with Crippen molar-refractivity contribution in [1.82, 2.24) is 9.97 Å². The van der Waals surface area contributed by atoms with Crippen LogP contribution in [0.25, 0.3) is 0 Å². The number of rotatable bonds is 8. The summed E-state index contributed by atoms with van der Waals surface area (Å²) >= 11 is 0. The third-order valence-electron chi connectivity index (χ3n) is 3.94. The van der Waals surface area contributed by atoms with E-state index in [2.05, 4.69) is 15.3 Å². The maximum atomic E-state index is 11.8. The van der Waals surface area contributed by atoms with Gasteiger partial charge in [-0.15, -0.1) is 0 Å². The highest BCUT2D eigenvalue weighted by Gasteiger charge is 2.17. The lowest BCUT2D eigenvalue weighted by Gasteiger charge is -2.20. The van der Waals surface area contributed by atoms with Crippen LogP contribution >= 0.6 is 0 Å². The Balaban J connectivity index is 2.30. The van der Waals surface area contributed by atoms with Gasteiger partial charge in [0.1, 0.15) is 0 Å². The van der Waals surface area contributed by atoms with Crippen molar-refractivity contribution in [2.75, 3.05) is 30.4 Å². The van der Waals surface area contributed by atoms with Gasteiger partial charge in [-0.3, -0.25) is 4.79 Å². The number of amides is 2. The number of ether oxygens (including phenoxy) is 1. The van der Waals surface area contributed by atoms with E-state index in [0.29, 0.717) is 23.6 Å². The summed E-state index contributed by atoms with van der Waals surface area (Å²) in [5.74, 6) is 0.287. The van der Waals surface area contributed by atoms with E-state index in [1.807, 2.05) is 43.1 Å². The minimum absolute atomic E-state index is 0.0724. The Labute approximate surface area is 157 Å². The Kier molecular flexibility index (Phi) is 6.53. The van der Waals surface area contributed by atoms with Crippen molar-refractivity contribution in [2.24, 2.45) is 11.5 Å². The van der Waals surface area contributed by atoms with Gasteiger partial charge in [0.15, 0.2) is 17.3 Å². The molecule has 0 aliphatic heterocycles. The van der Waals surface area contributed by atoms with Crippen molar-refractivity contribution in [2.45, 2.75) is 20.3 Å². The number of hydrogen-bond donors (Lipinski definition) is 3. The molecule has 5 N–H and O–H groups in total. The van der Waals surface area contributed by atoms with Gasteiger partial charge in [-0.2, -0.15) is 0 Å². The van der Waals surface area contributed by atoms with Crippen LogP contribution in [-0.2, 0) is 11.2 Å². The zero-order valence-electron chi connectivity index (χ0n) is 15.7. The molecule has 0 radical (unpaired) electrons. The second-order valence-electron chi connectivity index (χ2n) is 5.95. The Morgan fingerprint density at radius 1 is 1.26 bits per heavy atom. The number of carbonyl (C=O) groups excluding carboxylic acids is 2. The van der Waals surface area contributed by atoms with Crippen LogP contribution in [0.3, 0.4) is 0 Å². The molecule has 0 aliphatic rings. The lowest BCUT2D eigenvalue weighted by molar-refractivity contribution is 0.0996. The molecular weight excluding hydrogens is 348 g/mol. The molecule has 9 nitrogen and oxygen atoms in total. The minimum Gasteiger partial charge on any atom is -0.449 e. The summed E-state index contributed by atoms with van der Waals surface area (Å²) in [5.41, 5.74) is 12.7. The maximum absolute atomic E-state index is 11.8. The quantitative estimate of drug-likeness (QED) is 0.641. The number of aromatic nitrogens is 2. The number of nitrogens with two attached hydrogens (primary N) is 2. The predicted octanol–water partition coefficient (Wildman–Crippen LogP) is 1.72. The van der Waals surface area contributed by atoms with E-state index in [9.17, 15) is 9.59 Å². The van der Waals surface area contributed by atoms with E-state index in [-0.39, 0.29) is 18.1 Å². The van der Waals surface area contributed by atoms with Crippen molar-refractivity contribution >= 4 is 29.3 Å². The molecule has 2 amide bonds.